The molecule has 5 rings (SSSR count). The summed E-state index contributed by atoms with van der Waals surface area (Å²) in [6.45, 7) is 3.11. The van der Waals surface area contributed by atoms with E-state index in [1.54, 1.807) is 0 Å². The Kier molecular flexibility index (Phi) is 5.14. The molecular formula is C27H28N2O. The van der Waals surface area contributed by atoms with Crippen molar-refractivity contribution in [3.8, 4) is 0 Å². The van der Waals surface area contributed by atoms with E-state index in [1.807, 2.05) is 18.2 Å². The Bertz CT molecular complexity index is 1020. The highest BCUT2D eigenvalue weighted by Crippen LogP contribution is 2.50. The molecule has 0 spiro atoms. The van der Waals surface area contributed by atoms with Gasteiger partial charge < -0.3 is 10.2 Å². The lowest BCUT2D eigenvalue weighted by atomic mass is 9.66. The molecule has 2 heterocycles. The van der Waals surface area contributed by atoms with Gasteiger partial charge in [-0.05, 0) is 61.0 Å². The Labute approximate surface area is 178 Å². The van der Waals surface area contributed by atoms with E-state index >= 15 is 0 Å². The van der Waals surface area contributed by atoms with Crippen LogP contribution in [-0.4, -0.2) is 30.4 Å². The van der Waals surface area contributed by atoms with E-state index in [0.717, 1.165) is 55.7 Å². The van der Waals surface area contributed by atoms with Crippen molar-refractivity contribution < 1.29 is 4.79 Å². The van der Waals surface area contributed by atoms with Crippen LogP contribution in [0.3, 0.4) is 0 Å². The minimum Gasteiger partial charge on any atom is -0.325 e. The molecule has 2 atom stereocenters. The van der Waals surface area contributed by atoms with Crippen molar-refractivity contribution in [2.45, 2.75) is 24.7 Å². The maximum atomic E-state index is 13.5. The number of carbonyl (C=O) groups is 1. The van der Waals surface area contributed by atoms with E-state index < -0.39 is 5.41 Å². The van der Waals surface area contributed by atoms with Gasteiger partial charge in [-0.2, -0.15) is 0 Å². The van der Waals surface area contributed by atoms with Gasteiger partial charge in [0.1, 0.15) is 5.41 Å². The van der Waals surface area contributed by atoms with Gasteiger partial charge in [-0.3, -0.25) is 4.79 Å². The van der Waals surface area contributed by atoms with E-state index in [4.69, 9.17) is 0 Å². The maximum absolute atomic E-state index is 13.5. The number of amides is 1. The smallest absolute Gasteiger partial charge is 0.239 e. The quantitative estimate of drug-likeness (QED) is 0.644. The number of rotatable bonds is 6. The second-order valence-electron chi connectivity index (χ2n) is 8.55. The first kappa shape index (κ1) is 19.1. The third kappa shape index (κ3) is 3.23. The van der Waals surface area contributed by atoms with Crippen LogP contribution >= 0.6 is 0 Å². The van der Waals surface area contributed by atoms with Gasteiger partial charge in [0.2, 0.25) is 5.91 Å². The third-order valence-corrected chi connectivity index (χ3v) is 6.85. The number of hydrogen-bond acceptors (Lipinski definition) is 2. The normalized spacial score (nSPS) is 23.3. The molecule has 1 fully saturated rings. The maximum Gasteiger partial charge on any atom is 0.239 e. The molecule has 3 aromatic carbocycles. The number of nitrogens with one attached hydrogen (secondary N) is 1. The van der Waals surface area contributed by atoms with Crippen molar-refractivity contribution in [3.05, 3.63) is 102 Å². The zero-order valence-corrected chi connectivity index (χ0v) is 17.3. The third-order valence-electron chi connectivity index (χ3n) is 6.85. The Balaban J connectivity index is 1.38. The minimum atomic E-state index is -0.591. The fourth-order valence-electron chi connectivity index (χ4n) is 5.45. The second kappa shape index (κ2) is 8.08. The molecular weight excluding hydrogens is 368 g/mol. The number of hydrogen-bond donors (Lipinski definition) is 1. The summed E-state index contributed by atoms with van der Waals surface area (Å²) in [5, 5.41) is 3.19. The Hall–Kier alpha value is -2.91. The molecule has 0 aliphatic carbocycles. The largest absolute Gasteiger partial charge is 0.325 e. The van der Waals surface area contributed by atoms with Crippen LogP contribution in [0.2, 0.25) is 0 Å². The molecule has 1 amide bonds. The van der Waals surface area contributed by atoms with Crippen molar-refractivity contribution in [1.29, 1.82) is 0 Å². The zero-order valence-electron chi connectivity index (χ0n) is 17.3. The summed E-state index contributed by atoms with van der Waals surface area (Å²) in [4.78, 5) is 16.1. The molecule has 1 saturated heterocycles. The number of benzene rings is 3. The number of fused-ring (bicyclic) bond motifs is 1. The van der Waals surface area contributed by atoms with E-state index in [-0.39, 0.29) is 11.8 Å². The van der Waals surface area contributed by atoms with E-state index in [2.05, 4.69) is 76.9 Å². The molecule has 0 bridgehead atoms. The van der Waals surface area contributed by atoms with Crippen LogP contribution in [0.4, 0.5) is 5.69 Å². The molecule has 3 aromatic rings. The summed E-state index contributed by atoms with van der Waals surface area (Å²) in [5.41, 5.74) is 4.03. The molecule has 1 unspecified atom stereocenters. The lowest BCUT2D eigenvalue weighted by Gasteiger charge is -2.34. The SMILES string of the molecule is O=C1Nc2ccccc2C1(c1ccccc1)[C@@H]1CCN(CCCc2ccccc2)C1. The number of likely N-dealkylation sites (tertiary alicyclic amines) is 1. The van der Waals surface area contributed by atoms with Crippen molar-refractivity contribution in [1.82, 2.24) is 4.90 Å². The highest BCUT2D eigenvalue weighted by molar-refractivity contribution is 6.09. The van der Waals surface area contributed by atoms with Crippen LogP contribution in [0.1, 0.15) is 29.5 Å². The van der Waals surface area contributed by atoms with Gasteiger partial charge >= 0.3 is 0 Å². The molecule has 30 heavy (non-hydrogen) atoms. The lowest BCUT2D eigenvalue weighted by Crippen LogP contribution is -2.44. The van der Waals surface area contributed by atoms with Gasteiger partial charge in [-0.15, -0.1) is 0 Å². The molecule has 0 radical (unpaired) electrons. The molecule has 0 saturated carbocycles. The minimum absolute atomic E-state index is 0.131. The topological polar surface area (TPSA) is 32.3 Å². The molecule has 152 valence electrons. The zero-order chi connectivity index (χ0) is 20.4. The lowest BCUT2D eigenvalue weighted by molar-refractivity contribution is -0.121. The number of anilines is 1. The van der Waals surface area contributed by atoms with Crippen molar-refractivity contribution >= 4 is 11.6 Å². The molecule has 3 heteroatoms. The standard InChI is InChI=1S/C27H28N2O/c30-26-27(22-13-5-2-6-14-22,24-15-7-8-16-25(24)28-26)23-17-19-29(20-23)18-9-12-21-10-3-1-4-11-21/h1-8,10-11,13-16,23H,9,12,17-20H2,(H,28,30)/t23-,27?/m1/s1. The van der Waals surface area contributed by atoms with Gasteiger partial charge in [0.15, 0.2) is 0 Å². The van der Waals surface area contributed by atoms with Crippen molar-refractivity contribution in [2.24, 2.45) is 5.92 Å². The monoisotopic (exact) mass is 396 g/mol. The van der Waals surface area contributed by atoms with Crippen LogP contribution in [0.15, 0.2) is 84.9 Å². The molecule has 2 aliphatic heterocycles. The van der Waals surface area contributed by atoms with Crippen LogP contribution in [0.5, 0.6) is 0 Å². The van der Waals surface area contributed by atoms with Gasteiger partial charge in [-0.1, -0.05) is 78.9 Å². The van der Waals surface area contributed by atoms with Crippen LogP contribution < -0.4 is 5.32 Å². The van der Waals surface area contributed by atoms with Crippen molar-refractivity contribution in [3.63, 3.8) is 0 Å². The summed E-state index contributed by atoms with van der Waals surface area (Å²) in [5.74, 6) is 0.409. The summed E-state index contributed by atoms with van der Waals surface area (Å²) < 4.78 is 0. The number of aryl methyl sites for hydroxylation is 1. The summed E-state index contributed by atoms with van der Waals surface area (Å²) in [6.07, 6.45) is 3.30. The predicted octanol–water partition coefficient (Wildman–Crippen LogP) is 4.88. The Morgan fingerprint density at radius 2 is 1.60 bits per heavy atom. The summed E-state index contributed by atoms with van der Waals surface area (Å²) >= 11 is 0. The van der Waals surface area contributed by atoms with Gasteiger partial charge in [0, 0.05) is 12.2 Å². The van der Waals surface area contributed by atoms with E-state index in [0.29, 0.717) is 0 Å². The van der Waals surface area contributed by atoms with Crippen LogP contribution in [-0.2, 0) is 16.6 Å². The highest BCUT2D eigenvalue weighted by atomic mass is 16.2. The highest BCUT2D eigenvalue weighted by Gasteiger charge is 2.54. The first-order valence-electron chi connectivity index (χ1n) is 11.0. The van der Waals surface area contributed by atoms with Gasteiger partial charge in [0.05, 0.1) is 0 Å². The van der Waals surface area contributed by atoms with E-state index in [9.17, 15) is 4.79 Å². The fraction of sp³-hybridized carbons (Fsp3) is 0.296. The van der Waals surface area contributed by atoms with Crippen molar-refractivity contribution in [2.75, 3.05) is 25.0 Å². The number of nitrogens with zero attached hydrogens (tertiary/aromatic N) is 1. The first-order valence-corrected chi connectivity index (χ1v) is 11.0. The second-order valence-corrected chi connectivity index (χ2v) is 8.55. The Morgan fingerprint density at radius 3 is 2.40 bits per heavy atom. The molecule has 1 N–H and O–H groups in total. The molecule has 3 nitrogen and oxygen atoms in total. The molecule has 2 aliphatic rings. The average molecular weight is 397 g/mol. The molecule has 0 aromatic heterocycles. The number of para-hydroxylation sites is 1. The van der Waals surface area contributed by atoms with Crippen LogP contribution in [0, 0.1) is 5.92 Å². The predicted molar refractivity (Wildman–Crippen MR) is 122 cm³/mol. The van der Waals surface area contributed by atoms with Crippen LogP contribution in [0.25, 0.3) is 0 Å². The summed E-state index contributed by atoms with van der Waals surface area (Å²) in [6, 6.07) is 29.3. The van der Waals surface area contributed by atoms with E-state index in [1.165, 1.54) is 5.56 Å². The Morgan fingerprint density at radius 1 is 0.900 bits per heavy atom. The van der Waals surface area contributed by atoms with Gasteiger partial charge in [-0.25, -0.2) is 0 Å². The number of carbonyl (C=O) groups excluding carboxylic acids is 1. The summed E-state index contributed by atoms with van der Waals surface area (Å²) in [7, 11) is 0. The first-order chi connectivity index (χ1) is 14.8. The average Bonchev–Trinajstić information content (AvgIpc) is 3.37. The fourth-order valence-corrected chi connectivity index (χ4v) is 5.45. The van der Waals surface area contributed by atoms with Gasteiger partial charge in [0.25, 0.3) is 0 Å².